The van der Waals surface area contributed by atoms with Gasteiger partial charge in [-0.25, -0.2) is 0 Å². The van der Waals surface area contributed by atoms with Crippen molar-refractivity contribution in [2.75, 3.05) is 45.8 Å². The van der Waals surface area contributed by atoms with E-state index in [4.69, 9.17) is 5.26 Å². The molecule has 6 heteroatoms. The monoisotopic (exact) mass is 352 g/mol. The first-order valence-corrected chi connectivity index (χ1v) is 9.13. The Labute approximate surface area is 154 Å². The number of amides is 2. The average Bonchev–Trinajstić information content (AvgIpc) is 3.22. The molecule has 0 spiro atoms. The zero-order chi connectivity index (χ0) is 18.4. The van der Waals surface area contributed by atoms with Crippen molar-refractivity contribution in [1.82, 2.24) is 14.7 Å². The minimum atomic E-state index is -0.0140. The maximum Gasteiger partial charge on any atom is 0.246 e. The molecule has 0 N–H and O–H groups in total. The van der Waals surface area contributed by atoms with E-state index in [2.05, 4.69) is 11.0 Å². The van der Waals surface area contributed by atoms with Gasteiger partial charge >= 0.3 is 0 Å². The lowest BCUT2D eigenvalue weighted by Gasteiger charge is -2.34. The molecular weight excluding hydrogens is 328 g/mol. The molecule has 2 saturated heterocycles. The SMILES string of the molecule is N#Cc1ccc(C=CC(=O)N2CCN(CC(=O)N3CCCC3)CC2)cc1. The lowest BCUT2D eigenvalue weighted by atomic mass is 10.1. The van der Waals surface area contributed by atoms with E-state index in [1.54, 1.807) is 24.3 Å². The molecule has 0 aliphatic carbocycles. The molecule has 0 atom stereocenters. The largest absolute Gasteiger partial charge is 0.342 e. The van der Waals surface area contributed by atoms with Gasteiger partial charge < -0.3 is 9.80 Å². The number of likely N-dealkylation sites (tertiary alicyclic amines) is 1. The highest BCUT2D eigenvalue weighted by Crippen LogP contribution is 2.10. The van der Waals surface area contributed by atoms with E-state index in [0.717, 1.165) is 44.6 Å². The van der Waals surface area contributed by atoms with Gasteiger partial charge in [-0.05, 0) is 36.6 Å². The van der Waals surface area contributed by atoms with Crippen LogP contribution in [0, 0.1) is 11.3 Å². The van der Waals surface area contributed by atoms with Crippen molar-refractivity contribution in [3.63, 3.8) is 0 Å². The molecule has 1 aromatic rings. The fourth-order valence-corrected chi connectivity index (χ4v) is 3.33. The summed E-state index contributed by atoms with van der Waals surface area (Å²) < 4.78 is 0. The van der Waals surface area contributed by atoms with Gasteiger partial charge in [-0.3, -0.25) is 14.5 Å². The summed E-state index contributed by atoms with van der Waals surface area (Å²) in [5, 5.41) is 8.80. The van der Waals surface area contributed by atoms with Crippen LogP contribution in [0.25, 0.3) is 6.08 Å². The van der Waals surface area contributed by atoms with E-state index < -0.39 is 0 Å². The fourth-order valence-electron chi connectivity index (χ4n) is 3.33. The highest BCUT2D eigenvalue weighted by Gasteiger charge is 2.24. The highest BCUT2D eigenvalue weighted by molar-refractivity contribution is 5.91. The molecule has 6 nitrogen and oxygen atoms in total. The molecule has 3 rings (SSSR count). The Morgan fingerprint density at radius 2 is 1.62 bits per heavy atom. The molecule has 0 bridgehead atoms. The molecule has 26 heavy (non-hydrogen) atoms. The van der Waals surface area contributed by atoms with Crippen LogP contribution in [-0.4, -0.2) is 72.3 Å². The molecule has 1 aromatic carbocycles. The third-order valence-electron chi connectivity index (χ3n) is 4.96. The van der Waals surface area contributed by atoms with Gasteiger partial charge in [0.1, 0.15) is 0 Å². The number of rotatable bonds is 4. The number of piperazine rings is 1. The summed E-state index contributed by atoms with van der Waals surface area (Å²) in [5.74, 6) is 0.197. The summed E-state index contributed by atoms with van der Waals surface area (Å²) in [7, 11) is 0. The summed E-state index contributed by atoms with van der Waals surface area (Å²) in [6.07, 6.45) is 5.57. The normalized spacial score (nSPS) is 18.3. The quantitative estimate of drug-likeness (QED) is 0.767. The number of hydrogen-bond donors (Lipinski definition) is 0. The zero-order valence-corrected chi connectivity index (χ0v) is 14.9. The van der Waals surface area contributed by atoms with Gasteiger partial charge in [0.15, 0.2) is 0 Å². The van der Waals surface area contributed by atoms with E-state index >= 15 is 0 Å². The van der Waals surface area contributed by atoms with Gasteiger partial charge in [-0.15, -0.1) is 0 Å². The van der Waals surface area contributed by atoms with Gasteiger partial charge in [-0.2, -0.15) is 5.26 Å². The van der Waals surface area contributed by atoms with Crippen molar-refractivity contribution in [3.05, 3.63) is 41.5 Å². The smallest absolute Gasteiger partial charge is 0.246 e. The Balaban J connectivity index is 1.44. The lowest BCUT2D eigenvalue weighted by Crippen LogP contribution is -2.51. The predicted octanol–water partition coefficient (Wildman–Crippen LogP) is 1.34. The summed E-state index contributed by atoms with van der Waals surface area (Å²) in [6, 6.07) is 9.20. The number of carbonyl (C=O) groups is 2. The van der Waals surface area contributed by atoms with E-state index in [1.165, 1.54) is 0 Å². The molecule has 0 unspecified atom stereocenters. The number of carbonyl (C=O) groups excluding carboxylic acids is 2. The molecule has 0 aromatic heterocycles. The van der Waals surface area contributed by atoms with Crippen molar-refractivity contribution in [2.24, 2.45) is 0 Å². The Morgan fingerprint density at radius 3 is 2.23 bits per heavy atom. The molecule has 0 saturated carbocycles. The fraction of sp³-hybridized carbons (Fsp3) is 0.450. The van der Waals surface area contributed by atoms with Crippen LogP contribution < -0.4 is 0 Å². The Hall–Kier alpha value is -2.65. The second kappa shape index (κ2) is 8.63. The van der Waals surface area contributed by atoms with Crippen LogP contribution in [0.15, 0.2) is 30.3 Å². The van der Waals surface area contributed by atoms with E-state index in [0.29, 0.717) is 25.2 Å². The minimum Gasteiger partial charge on any atom is -0.342 e. The standard InChI is InChI=1S/C20H24N4O2/c21-15-18-5-3-17(4-6-18)7-8-19(25)24-13-11-22(12-14-24)16-20(26)23-9-1-2-10-23/h3-8H,1-2,9-14,16H2. The Morgan fingerprint density at radius 1 is 0.962 bits per heavy atom. The third kappa shape index (κ3) is 4.70. The summed E-state index contributed by atoms with van der Waals surface area (Å²) >= 11 is 0. The topological polar surface area (TPSA) is 67.6 Å². The van der Waals surface area contributed by atoms with Crippen molar-refractivity contribution in [3.8, 4) is 6.07 Å². The number of benzene rings is 1. The predicted molar refractivity (Wildman–Crippen MR) is 99.0 cm³/mol. The van der Waals surface area contributed by atoms with E-state index in [1.807, 2.05) is 21.9 Å². The van der Waals surface area contributed by atoms with Crippen LogP contribution in [0.1, 0.15) is 24.0 Å². The first kappa shape index (κ1) is 18.2. The van der Waals surface area contributed by atoms with E-state index in [-0.39, 0.29) is 11.8 Å². The number of nitrogens with zero attached hydrogens (tertiary/aromatic N) is 4. The van der Waals surface area contributed by atoms with Crippen molar-refractivity contribution < 1.29 is 9.59 Å². The van der Waals surface area contributed by atoms with Crippen molar-refractivity contribution in [1.29, 1.82) is 5.26 Å². The Kier molecular flexibility index (Phi) is 6.03. The molecule has 0 radical (unpaired) electrons. The van der Waals surface area contributed by atoms with Crippen LogP contribution in [0.4, 0.5) is 0 Å². The maximum absolute atomic E-state index is 12.3. The van der Waals surface area contributed by atoms with Gasteiger partial charge in [0.2, 0.25) is 11.8 Å². The van der Waals surface area contributed by atoms with E-state index in [9.17, 15) is 9.59 Å². The summed E-state index contributed by atoms with van der Waals surface area (Å²) in [5.41, 5.74) is 1.50. The van der Waals surface area contributed by atoms with Gasteiger partial charge in [0.05, 0.1) is 18.2 Å². The second-order valence-electron chi connectivity index (χ2n) is 6.76. The molecule has 2 heterocycles. The highest BCUT2D eigenvalue weighted by atomic mass is 16.2. The average molecular weight is 352 g/mol. The van der Waals surface area contributed by atoms with Crippen LogP contribution in [0.2, 0.25) is 0 Å². The van der Waals surface area contributed by atoms with Crippen LogP contribution in [0.3, 0.4) is 0 Å². The molecule has 2 fully saturated rings. The van der Waals surface area contributed by atoms with Gasteiger partial charge in [0.25, 0.3) is 0 Å². The van der Waals surface area contributed by atoms with Crippen LogP contribution >= 0.6 is 0 Å². The molecule has 2 aliphatic rings. The number of nitriles is 1. The minimum absolute atomic E-state index is 0.0140. The first-order valence-electron chi connectivity index (χ1n) is 9.13. The van der Waals surface area contributed by atoms with Crippen molar-refractivity contribution in [2.45, 2.75) is 12.8 Å². The maximum atomic E-state index is 12.3. The zero-order valence-electron chi connectivity index (χ0n) is 14.9. The number of hydrogen-bond acceptors (Lipinski definition) is 4. The first-order chi connectivity index (χ1) is 12.7. The summed E-state index contributed by atoms with van der Waals surface area (Å²) in [6.45, 7) is 4.98. The molecule has 2 aliphatic heterocycles. The van der Waals surface area contributed by atoms with Crippen molar-refractivity contribution >= 4 is 17.9 Å². The molecular formula is C20H24N4O2. The van der Waals surface area contributed by atoms with Crippen LogP contribution in [0.5, 0.6) is 0 Å². The van der Waals surface area contributed by atoms with Gasteiger partial charge in [0, 0.05) is 45.3 Å². The second-order valence-corrected chi connectivity index (χ2v) is 6.76. The molecule has 2 amide bonds. The van der Waals surface area contributed by atoms with Gasteiger partial charge in [-0.1, -0.05) is 12.1 Å². The lowest BCUT2D eigenvalue weighted by molar-refractivity contribution is -0.132. The van der Waals surface area contributed by atoms with Crippen LogP contribution in [-0.2, 0) is 9.59 Å². The Bertz CT molecular complexity index is 706. The molecule has 136 valence electrons. The summed E-state index contributed by atoms with van der Waals surface area (Å²) in [4.78, 5) is 30.4. The third-order valence-corrected chi connectivity index (χ3v) is 4.96.